The van der Waals surface area contributed by atoms with Gasteiger partial charge < -0.3 is 5.32 Å². The van der Waals surface area contributed by atoms with Crippen molar-refractivity contribution in [3.63, 3.8) is 0 Å². The molecule has 0 saturated heterocycles. The predicted octanol–water partition coefficient (Wildman–Crippen LogP) is 3.92. The van der Waals surface area contributed by atoms with Crippen molar-refractivity contribution in [2.24, 2.45) is 7.05 Å². The lowest BCUT2D eigenvalue weighted by Gasteiger charge is -2.18. The Hall–Kier alpha value is -1.64. The number of pyridine rings is 1. The van der Waals surface area contributed by atoms with Crippen LogP contribution in [-0.2, 0) is 7.05 Å². The van der Waals surface area contributed by atoms with Gasteiger partial charge in [-0.1, -0.05) is 51.4 Å². The molecule has 1 atom stereocenters. The molecule has 1 N–H and O–H groups in total. The summed E-state index contributed by atoms with van der Waals surface area (Å²) < 4.78 is 2.66. The highest BCUT2D eigenvalue weighted by molar-refractivity contribution is 9.10. The van der Waals surface area contributed by atoms with E-state index < -0.39 is 0 Å². The van der Waals surface area contributed by atoms with Gasteiger partial charge in [0.15, 0.2) is 0 Å². The van der Waals surface area contributed by atoms with Crippen LogP contribution >= 0.6 is 39.3 Å². The smallest absolute Gasteiger partial charge is 0.211 e. The third-order valence-corrected chi connectivity index (χ3v) is 4.92. The van der Waals surface area contributed by atoms with Gasteiger partial charge in [0.25, 0.3) is 0 Å². The molecule has 6 nitrogen and oxygen atoms in total. The third-order valence-electron chi connectivity index (χ3n) is 2.98. The first-order valence-electron chi connectivity index (χ1n) is 6.64. The van der Waals surface area contributed by atoms with E-state index in [0.717, 1.165) is 15.9 Å². The van der Waals surface area contributed by atoms with Crippen molar-refractivity contribution in [1.29, 1.82) is 0 Å². The summed E-state index contributed by atoms with van der Waals surface area (Å²) in [4.78, 5) is 4.29. The topological polar surface area (TPSA) is 68.5 Å². The predicted molar refractivity (Wildman–Crippen MR) is 94.4 cm³/mol. The summed E-state index contributed by atoms with van der Waals surface area (Å²) in [5, 5.41) is 16.2. The van der Waals surface area contributed by atoms with E-state index in [-0.39, 0.29) is 5.37 Å². The SMILES string of the molecule is Cn1nnnc1S[C@@H](Nc1ccc(Cl)cn1)c1ccc(Br)cc1. The minimum atomic E-state index is -0.0959. The van der Waals surface area contributed by atoms with Gasteiger partial charge in [-0.2, -0.15) is 0 Å². The number of benzene rings is 1. The fourth-order valence-corrected chi connectivity index (χ4v) is 3.17. The molecule has 23 heavy (non-hydrogen) atoms. The number of rotatable bonds is 5. The van der Waals surface area contributed by atoms with Crippen molar-refractivity contribution >= 4 is 45.1 Å². The second-order valence-electron chi connectivity index (χ2n) is 4.64. The van der Waals surface area contributed by atoms with E-state index >= 15 is 0 Å². The molecule has 2 heterocycles. The molecule has 0 aliphatic carbocycles. The highest BCUT2D eigenvalue weighted by atomic mass is 79.9. The van der Waals surface area contributed by atoms with Gasteiger partial charge in [0.1, 0.15) is 11.2 Å². The number of tetrazole rings is 1. The summed E-state index contributed by atoms with van der Waals surface area (Å²) in [6.07, 6.45) is 1.61. The number of hydrogen-bond donors (Lipinski definition) is 1. The van der Waals surface area contributed by atoms with Crippen LogP contribution in [0.2, 0.25) is 5.02 Å². The minimum Gasteiger partial charge on any atom is -0.354 e. The van der Waals surface area contributed by atoms with Gasteiger partial charge in [-0.05, 0) is 40.3 Å². The summed E-state index contributed by atoms with van der Waals surface area (Å²) in [5.41, 5.74) is 1.08. The summed E-state index contributed by atoms with van der Waals surface area (Å²) in [5.74, 6) is 0.727. The number of nitrogens with zero attached hydrogens (tertiary/aromatic N) is 5. The van der Waals surface area contributed by atoms with E-state index in [9.17, 15) is 0 Å². The number of halogens is 2. The number of aryl methyl sites for hydroxylation is 1. The van der Waals surface area contributed by atoms with Crippen LogP contribution in [0.5, 0.6) is 0 Å². The van der Waals surface area contributed by atoms with Crippen LogP contribution in [0.15, 0.2) is 52.2 Å². The Balaban J connectivity index is 1.87. The lowest BCUT2D eigenvalue weighted by molar-refractivity contribution is 0.663. The van der Waals surface area contributed by atoms with Crippen LogP contribution < -0.4 is 5.32 Å². The molecule has 9 heteroatoms. The normalized spacial score (nSPS) is 12.1. The van der Waals surface area contributed by atoms with Gasteiger partial charge in [0.2, 0.25) is 5.16 Å². The minimum absolute atomic E-state index is 0.0959. The molecule has 0 unspecified atom stereocenters. The fraction of sp³-hybridized carbons (Fsp3) is 0.143. The summed E-state index contributed by atoms with van der Waals surface area (Å²) in [7, 11) is 1.81. The van der Waals surface area contributed by atoms with Crippen LogP contribution in [0.1, 0.15) is 10.9 Å². The Kier molecular flexibility index (Phi) is 5.14. The molecular weight excluding hydrogens is 400 g/mol. The summed E-state index contributed by atoms with van der Waals surface area (Å²) in [6, 6.07) is 11.7. The van der Waals surface area contributed by atoms with E-state index in [2.05, 4.69) is 41.8 Å². The molecule has 0 saturated carbocycles. The quantitative estimate of drug-likeness (QED) is 0.507. The summed E-state index contributed by atoms with van der Waals surface area (Å²) in [6.45, 7) is 0. The zero-order chi connectivity index (χ0) is 16.2. The maximum absolute atomic E-state index is 5.89. The fourth-order valence-electron chi connectivity index (χ4n) is 1.84. The Morgan fingerprint density at radius 1 is 1.22 bits per heavy atom. The van der Waals surface area contributed by atoms with Crippen molar-refractivity contribution in [2.45, 2.75) is 10.5 Å². The maximum Gasteiger partial charge on any atom is 0.211 e. The molecule has 3 rings (SSSR count). The second-order valence-corrected chi connectivity index (χ2v) is 7.06. The van der Waals surface area contributed by atoms with Gasteiger partial charge >= 0.3 is 0 Å². The van der Waals surface area contributed by atoms with E-state index in [1.807, 2.05) is 37.4 Å². The molecule has 3 aromatic rings. The summed E-state index contributed by atoms with van der Waals surface area (Å²) >= 11 is 10.8. The zero-order valence-corrected chi connectivity index (χ0v) is 15.2. The maximum atomic E-state index is 5.89. The molecule has 0 bridgehead atoms. The van der Waals surface area contributed by atoms with E-state index in [1.54, 1.807) is 16.9 Å². The molecule has 0 spiro atoms. The van der Waals surface area contributed by atoms with E-state index in [1.165, 1.54) is 11.8 Å². The Labute approximate surface area is 150 Å². The van der Waals surface area contributed by atoms with Gasteiger partial charge in [-0.3, -0.25) is 0 Å². The van der Waals surface area contributed by atoms with Crippen molar-refractivity contribution in [3.8, 4) is 0 Å². The first kappa shape index (κ1) is 16.2. The second kappa shape index (κ2) is 7.29. The molecule has 0 aliphatic rings. The van der Waals surface area contributed by atoms with Crippen LogP contribution in [0, 0.1) is 0 Å². The molecule has 0 amide bonds. The van der Waals surface area contributed by atoms with Crippen molar-refractivity contribution < 1.29 is 0 Å². The van der Waals surface area contributed by atoms with Gasteiger partial charge in [0, 0.05) is 17.7 Å². The first-order chi connectivity index (χ1) is 11.1. The Morgan fingerprint density at radius 3 is 2.61 bits per heavy atom. The molecule has 118 valence electrons. The molecule has 0 radical (unpaired) electrons. The number of anilines is 1. The van der Waals surface area contributed by atoms with Crippen LogP contribution in [0.3, 0.4) is 0 Å². The number of nitrogens with one attached hydrogen (secondary N) is 1. The van der Waals surface area contributed by atoms with Crippen LogP contribution in [-0.4, -0.2) is 25.2 Å². The zero-order valence-electron chi connectivity index (χ0n) is 12.0. The average Bonchev–Trinajstić information content (AvgIpc) is 2.95. The first-order valence-corrected chi connectivity index (χ1v) is 8.69. The lowest BCUT2D eigenvalue weighted by Crippen LogP contribution is -2.09. The van der Waals surface area contributed by atoms with Crippen molar-refractivity contribution in [1.82, 2.24) is 25.2 Å². The van der Waals surface area contributed by atoms with Crippen molar-refractivity contribution in [3.05, 3.63) is 57.7 Å². The van der Waals surface area contributed by atoms with E-state index in [0.29, 0.717) is 10.2 Å². The molecular formula is C14H12BrClN6S. The van der Waals surface area contributed by atoms with Crippen LogP contribution in [0.25, 0.3) is 0 Å². The molecule has 2 aromatic heterocycles. The monoisotopic (exact) mass is 410 g/mol. The largest absolute Gasteiger partial charge is 0.354 e. The number of hydrogen-bond acceptors (Lipinski definition) is 6. The van der Waals surface area contributed by atoms with Gasteiger partial charge in [-0.25, -0.2) is 9.67 Å². The standard InChI is InChI=1S/C14H12BrClN6S/c1-22-14(19-20-21-22)23-13(9-2-4-10(15)5-3-9)18-12-7-6-11(16)8-17-12/h2-8,13H,1H3,(H,17,18)/t13-/m1/s1. The van der Waals surface area contributed by atoms with Crippen molar-refractivity contribution in [2.75, 3.05) is 5.32 Å². The highest BCUT2D eigenvalue weighted by Crippen LogP contribution is 2.34. The Morgan fingerprint density at radius 2 is 2.00 bits per heavy atom. The number of thioether (sulfide) groups is 1. The molecule has 0 fully saturated rings. The molecule has 0 aliphatic heterocycles. The highest BCUT2D eigenvalue weighted by Gasteiger charge is 2.17. The van der Waals surface area contributed by atoms with Gasteiger partial charge in [-0.15, -0.1) is 5.10 Å². The molecule has 1 aromatic carbocycles. The number of aromatic nitrogens is 5. The van der Waals surface area contributed by atoms with Crippen LogP contribution in [0.4, 0.5) is 5.82 Å². The van der Waals surface area contributed by atoms with Gasteiger partial charge in [0.05, 0.1) is 5.02 Å². The third kappa shape index (κ3) is 4.21. The van der Waals surface area contributed by atoms with E-state index in [4.69, 9.17) is 11.6 Å². The lowest BCUT2D eigenvalue weighted by atomic mass is 10.2. The Bertz CT molecular complexity index is 777. The average molecular weight is 412 g/mol.